The summed E-state index contributed by atoms with van der Waals surface area (Å²) in [5.41, 5.74) is 3.17. The molecule has 1 aromatic carbocycles. The summed E-state index contributed by atoms with van der Waals surface area (Å²) in [5, 5.41) is 0. The van der Waals surface area contributed by atoms with Crippen molar-refractivity contribution in [2.24, 2.45) is 0 Å². The van der Waals surface area contributed by atoms with Crippen molar-refractivity contribution in [2.45, 2.75) is 26.3 Å². The maximum atomic E-state index is 11.5. The van der Waals surface area contributed by atoms with Crippen molar-refractivity contribution in [2.75, 3.05) is 31.2 Å². The second-order valence-electron chi connectivity index (χ2n) is 6.71. The highest BCUT2D eigenvalue weighted by Crippen LogP contribution is 2.21. The third kappa shape index (κ3) is 5.29. The van der Waals surface area contributed by atoms with Gasteiger partial charge in [-0.2, -0.15) is 0 Å². The van der Waals surface area contributed by atoms with Crippen molar-refractivity contribution in [3.05, 3.63) is 48.2 Å². The van der Waals surface area contributed by atoms with Crippen LogP contribution in [-0.2, 0) is 16.4 Å². The molecule has 0 radical (unpaired) electrons. The van der Waals surface area contributed by atoms with E-state index in [-0.39, 0.29) is 11.5 Å². The summed E-state index contributed by atoms with van der Waals surface area (Å²) in [6.07, 6.45) is 3.93. The van der Waals surface area contributed by atoms with Crippen LogP contribution < -0.4 is 4.74 Å². The molecular formula is C20H26N2O3S. The highest BCUT2D eigenvalue weighted by atomic mass is 32.2. The molecule has 0 saturated carbocycles. The Morgan fingerprint density at radius 1 is 1.08 bits per heavy atom. The van der Waals surface area contributed by atoms with Gasteiger partial charge in [-0.25, -0.2) is 8.42 Å². The molecule has 0 spiro atoms. The van der Waals surface area contributed by atoms with Crippen LogP contribution in [0.5, 0.6) is 5.75 Å². The first-order valence-corrected chi connectivity index (χ1v) is 11.0. The van der Waals surface area contributed by atoms with Crippen molar-refractivity contribution < 1.29 is 13.2 Å². The fraction of sp³-hybridized carbons (Fsp3) is 0.450. The molecule has 0 unspecified atom stereocenters. The van der Waals surface area contributed by atoms with Gasteiger partial charge in [0.1, 0.15) is 5.75 Å². The van der Waals surface area contributed by atoms with E-state index in [1.807, 2.05) is 12.1 Å². The molecule has 1 aliphatic rings. The van der Waals surface area contributed by atoms with Gasteiger partial charge in [0.2, 0.25) is 0 Å². The third-order valence-corrected chi connectivity index (χ3v) is 6.21. The summed E-state index contributed by atoms with van der Waals surface area (Å²) in [5.74, 6) is 1.34. The van der Waals surface area contributed by atoms with Crippen molar-refractivity contribution >= 4 is 9.84 Å². The van der Waals surface area contributed by atoms with Gasteiger partial charge in [-0.1, -0.05) is 37.6 Å². The number of pyridine rings is 1. The van der Waals surface area contributed by atoms with Crippen LogP contribution in [0.15, 0.2) is 42.6 Å². The molecule has 2 aromatic rings. The second kappa shape index (κ2) is 8.64. The molecular weight excluding hydrogens is 348 g/mol. The highest BCUT2D eigenvalue weighted by molar-refractivity contribution is 7.91. The average Bonchev–Trinajstić information content (AvgIpc) is 2.65. The Balaban J connectivity index is 1.57. The van der Waals surface area contributed by atoms with Crippen molar-refractivity contribution in [1.29, 1.82) is 0 Å². The van der Waals surface area contributed by atoms with Crippen LogP contribution in [0.2, 0.25) is 0 Å². The van der Waals surface area contributed by atoms with Gasteiger partial charge in [-0.15, -0.1) is 0 Å². The molecule has 5 nitrogen and oxygen atoms in total. The van der Waals surface area contributed by atoms with Gasteiger partial charge in [-0.05, 0) is 24.1 Å². The lowest BCUT2D eigenvalue weighted by molar-refractivity contribution is 0.287. The molecule has 1 aromatic heterocycles. The quantitative estimate of drug-likeness (QED) is 0.697. The van der Waals surface area contributed by atoms with Crippen LogP contribution in [0, 0.1) is 0 Å². The molecule has 2 heterocycles. The molecule has 1 saturated heterocycles. The maximum absolute atomic E-state index is 11.5. The summed E-state index contributed by atoms with van der Waals surface area (Å²) in [6, 6.07) is 12.2. The number of benzene rings is 1. The van der Waals surface area contributed by atoms with Gasteiger partial charge >= 0.3 is 0 Å². The van der Waals surface area contributed by atoms with Crippen LogP contribution >= 0.6 is 0 Å². The van der Waals surface area contributed by atoms with E-state index in [9.17, 15) is 8.42 Å². The lowest BCUT2D eigenvalue weighted by atomic mass is 10.1. The van der Waals surface area contributed by atoms with E-state index in [1.54, 1.807) is 6.20 Å². The Bertz CT molecular complexity index is 788. The minimum Gasteiger partial charge on any atom is -0.492 e. The molecule has 0 aliphatic carbocycles. The molecule has 6 heteroatoms. The van der Waals surface area contributed by atoms with E-state index in [0.717, 1.165) is 43.0 Å². The zero-order valence-electron chi connectivity index (χ0n) is 15.2. The van der Waals surface area contributed by atoms with Gasteiger partial charge in [0.25, 0.3) is 0 Å². The Labute approximate surface area is 155 Å². The number of sulfone groups is 1. The molecule has 0 N–H and O–H groups in total. The minimum absolute atomic E-state index is 0.266. The first kappa shape index (κ1) is 18.9. The molecule has 1 aliphatic heterocycles. The Morgan fingerprint density at radius 3 is 2.42 bits per heavy atom. The summed E-state index contributed by atoms with van der Waals surface area (Å²) in [4.78, 5) is 6.68. The average molecular weight is 375 g/mol. The van der Waals surface area contributed by atoms with E-state index in [1.165, 1.54) is 5.56 Å². The lowest BCUT2D eigenvalue weighted by Crippen LogP contribution is -2.39. The monoisotopic (exact) mass is 374 g/mol. The van der Waals surface area contributed by atoms with E-state index in [2.05, 4.69) is 41.1 Å². The number of unbranched alkanes of at least 4 members (excludes halogenated alkanes) is 1. The van der Waals surface area contributed by atoms with E-state index in [4.69, 9.17) is 4.74 Å². The van der Waals surface area contributed by atoms with Gasteiger partial charge in [0, 0.05) is 25.2 Å². The zero-order chi connectivity index (χ0) is 18.4. The smallest absolute Gasteiger partial charge is 0.152 e. The predicted molar refractivity (Wildman–Crippen MR) is 104 cm³/mol. The van der Waals surface area contributed by atoms with Gasteiger partial charge < -0.3 is 4.74 Å². The third-order valence-electron chi connectivity index (χ3n) is 4.60. The highest BCUT2D eigenvalue weighted by Gasteiger charge is 2.21. The maximum Gasteiger partial charge on any atom is 0.152 e. The first-order chi connectivity index (χ1) is 12.6. The van der Waals surface area contributed by atoms with Crippen molar-refractivity contribution in [1.82, 2.24) is 9.88 Å². The molecule has 0 atom stereocenters. The number of ether oxygens (including phenoxy) is 1. The van der Waals surface area contributed by atoms with Gasteiger partial charge in [0.05, 0.1) is 30.0 Å². The number of rotatable bonds is 7. The fourth-order valence-corrected chi connectivity index (χ4v) is 4.20. The minimum atomic E-state index is -2.82. The van der Waals surface area contributed by atoms with Crippen LogP contribution in [0.25, 0.3) is 11.3 Å². The summed E-state index contributed by atoms with van der Waals surface area (Å²) >= 11 is 0. The number of nitrogens with zero attached hydrogens (tertiary/aromatic N) is 2. The molecule has 140 valence electrons. The molecule has 3 rings (SSSR count). The molecule has 26 heavy (non-hydrogen) atoms. The molecule has 1 fully saturated rings. The van der Waals surface area contributed by atoms with Crippen LogP contribution in [0.4, 0.5) is 0 Å². The normalized spacial score (nSPS) is 17.1. The van der Waals surface area contributed by atoms with E-state index < -0.39 is 9.84 Å². The second-order valence-corrected chi connectivity index (χ2v) is 9.01. The first-order valence-electron chi connectivity index (χ1n) is 9.17. The summed E-state index contributed by atoms with van der Waals surface area (Å²) in [6.45, 7) is 4.88. The van der Waals surface area contributed by atoms with Crippen LogP contribution in [-0.4, -0.2) is 49.5 Å². The largest absolute Gasteiger partial charge is 0.492 e. The zero-order valence-corrected chi connectivity index (χ0v) is 16.0. The van der Waals surface area contributed by atoms with Crippen molar-refractivity contribution in [3.8, 4) is 17.0 Å². The fourth-order valence-electron chi connectivity index (χ4n) is 2.92. The Hall–Kier alpha value is -1.92. The van der Waals surface area contributed by atoms with Gasteiger partial charge in [0.15, 0.2) is 9.84 Å². The Morgan fingerprint density at radius 2 is 1.81 bits per heavy atom. The van der Waals surface area contributed by atoms with E-state index in [0.29, 0.717) is 13.1 Å². The standard InChI is InChI=1S/C20H26N2O3S/c1-2-3-12-25-19-8-9-20(21-15-19)18-6-4-17(5-7-18)16-22-10-13-26(23,24)14-11-22/h4-9,15H,2-3,10-14,16H2,1H3. The molecule has 0 bridgehead atoms. The van der Waals surface area contributed by atoms with Crippen molar-refractivity contribution in [3.63, 3.8) is 0 Å². The summed E-state index contributed by atoms with van der Waals surface area (Å²) in [7, 11) is -2.82. The number of aromatic nitrogens is 1. The topological polar surface area (TPSA) is 59.5 Å². The number of hydrogen-bond acceptors (Lipinski definition) is 5. The molecule has 0 amide bonds. The number of hydrogen-bond donors (Lipinski definition) is 0. The van der Waals surface area contributed by atoms with Crippen LogP contribution in [0.3, 0.4) is 0 Å². The summed E-state index contributed by atoms with van der Waals surface area (Å²) < 4.78 is 28.7. The van der Waals surface area contributed by atoms with Gasteiger partial charge in [-0.3, -0.25) is 9.88 Å². The lowest BCUT2D eigenvalue weighted by Gasteiger charge is -2.26. The van der Waals surface area contributed by atoms with Crippen LogP contribution in [0.1, 0.15) is 25.3 Å². The predicted octanol–water partition coefficient (Wildman–Crippen LogP) is 3.16. The van der Waals surface area contributed by atoms with E-state index >= 15 is 0 Å². The SMILES string of the molecule is CCCCOc1ccc(-c2ccc(CN3CCS(=O)(=O)CC3)cc2)nc1. The Kier molecular flexibility index (Phi) is 6.27.